The summed E-state index contributed by atoms with van der Waals surface area (Å²) < 4.78 is 0. The number of hydrogen-bond donors (Lipinski definition) is 0. The Bertz CT molecular complexity index is 367. The first-order chi connectivity index (χ1) is 6.19. The largest absolute Gasteiger partial charge is 0.194 e. The van der Waals surface area contributed by atoms with Crippen molar-refractivity contribution >= 4 is 34.7 Å². The molecule has 0 bridgehead atoms. The van der Waals surface area contributed by atoms with Crippen molar-refractivity contribution in [2.45, 2.75) is 20.3 Å². The maximum absolute atomic E-state index is 5.91. The van der Waals surface area contributed by atoms with E-state index < -0.39 is 0 Å². The lowest BCUT2D eigenvalue weighted by Gasteiger charge is -2.05. The summed E-state index contributed by atoms with van der Waals surface area (Å²) in [4.78, 5) is 3.96. The van der Waals surface area contributed by atoms with Crippen molar-refractivity contribution in [2.75, 3.05) is 0 Å². The molecular formula is C10H10ClNS. The van der Waals surface area contributed by atoms with Gasteiger partial charge in [0.2, 0.25) is 0 Å². The summed E-state index contributed by atoms with van der Waals surface area (Å²) in [5.41, 5.74) is 3.15. The molecule has 0 saturated heterocycles. The van der Waals surface area contributed by atoms with E-state index in [0.29, 0.717) is 5.02 Å². The molecule has 0 saturated carbocycles. The third-order valence-electron chi connectivity index (χ3n) is 2.00. The molecule has 0 spiro atoms. The van der Waals surface area contributed by atoms with Gasteiger partial charge in [0.15, 0.2) is 0 Å². The van der Waals surface area contributed by atoms with Crippen molar-refractivity contribution in [2.24, 2.45) is 4.99 Å². The summed E-state index contributed by atoms with van der Waals surface area (Å²) in [5.74, 6) is 0. The van der Waals surface area contributed by atoms with Gasteiger partial charge in [0, 0.05) is 5.02 Å². The van der Waals surface area contributed by atoms with Crippen LogP contribution in [0.4, 0.5) is 5.69 Å². The van der Waals surface area contributed by atoms with Crippen LogP contribution in [0, 0.1) is 6.92 Å². The number of nitrogens with zero attached hydrogens (tertiary/aromatic N) is 1. The molecule has 0 aliphatic rings. The van der Waals surface area contributed by atoms with E-state index >= 15 is 0 Å². The highest BCUT2D eigenvalue weighted by Crippen LogP contribution is 2.26. The Morgan fingerprint density at radius 2 is 2.23 bits per heavy atom. The lowest BCUT2D eigenvalue weighted by atomic mass is 10.1. The molecule has 0 heterocycles. The molecule has 0 N–H and O–H groups in total. The minimum absolute atomic E-state index is 0.700. The lowest BCUT2D eigenvalue weighted by Crippen LogP contribution is -1.86. The van der Waals surface area contributed by atoms with E-state index in [4.69, 9.17) is 11.6 Å². The normalized spacial score (nSPS) is 9.46. The third kappa shape index (κ3) is 2.38. The van der Waals surface area contributed by atoms with Crippen LogP contribution in [0.25, 0.3) is 0 Å². The van der Waals surface area contributed by atoms with Gasteiger partial charge >= 0.3 is 0 Å². The summed E-state index contributed by atoms with van der Waals surface area (Å²) >= 11 is 10.5. The van der Waals surface area contributed by atoms with Crippen molar-refractivity contribution in [3.8, 4) is 0 Å². The number of hydrogen-bond acceptors (Lipinski definition) is 2. The summed E-state index contributed by atoms with van der Waals surface area (Å²) in [7, 11) is 0. The zero-order chi connectivity index (χ0) is 9.84. The standard InChI is InChI=1S/C10H10ClNS/c1-3-8-4-9(11)5-10(7(8)2)12-6-13/h4-5H,3H2,1-2H3. The second-order valence-corrected chi connectivity index (χ2v) is 3.38. The van der Waals surface area contributed by atoms with Gasteiger partial charge in [-0.25, -0.2) is 0 Å². The Hall–Kier alpha value is -0.690. The van der Waals surface area contributed by atoms with Gasteiger partial charge in [-0.15, -0.1) is 0 Å². The number of benzene rings is 1. The van der Waals surface area contributed by atoms with Crippen LogP contribution in [-0.2, 0) is 6.42 Å². The van der Waals surface area contributed by atoms with Crippen LogP contribution in [0.2, 0.25) is 5.02 Å². The number of halogens is 1. The van der Waals surface area contributed by atoms with Gasteiger partial charge in [-0.2, -0.15) is 4.99 Å². The SMILES string of the molecule is CCc1cc(Cl)cc(N=C=S)c1C. The molecule has 1 rings (SSSR count). The molecule has 0 unspecified atom stereocenters. The lowest BCUT2D eigenvalue weighted by molar-refractivity contribution is 1.11. The van der Waals surface area contributed by atoms with Gasteiger partial charge in [-0.3, -0.25) is 0 Å². The monoisotopic (exact) mass is 211 g/mol. The Kier molecular flexibility index (Phi) is 3.61. The minimum atomic E-state index is 0.700. The van der Waals surface area contributed by atoms with Crippen LogP contribution >= 0.6 is 23.8 Å². The molecule has 1 aromatic rings. The highest BCUT2D eigenvalue weighted by atomic mass is 35.5. The molecule has 0 radical (unpaired) electrons. The van der Waals surface area contributed by atoms with Gasteiger partial charge < -0.3 is 0 Å². The molecular weight excluding hydrogens is 202 g/mol. The zero-order valence-corrected chi connectivity index (χ0v) is 9.17. The zero-order valence-electron chi connectivity index (χ0n) is 7.60. The molecule has 3 heteroatoms. The summed E-state index contributed by atoms with van der Waals surface area (Å²) in [6.45, 7) is 4.10. The van der Waals surface area contributed by atoms with Crippen LogP contribution in [-0.4, -0.2) is 5.16 Å². The molecule has 0 fully saturated rings. The Balaban J connectivity index is 3.34. The first-order valence-electron chi connectivity index (χ1n) is 4.06. The number of aryl methyl sites for hydroxylation is 1. The summed E-state index contributed by atoms with van der Waals surface area (Å²) in [5, 5.41) is 3.05. The first kappa shape index (κ1) is 10.4. The predicted octanol–water partition coefficient (Wildman–Crippen LogP) is 3.95. The van der Waals surface area contributed by atoms with Gasteiger partial charge in [0.25, 0.3) is 0 Å². The molecule has 1 nitrogen and oxygen atoms in total. The molecule has 13 heavy (non-hydrogen) atoms. The van der Waals surface area contributed by atoms with Gasteiger partial charge in [0.05, 0.1) is 10.8 Å². The van der Waals surface area contributed by atoms with Crippen LogP contribution in [0.5, 0.6) is 0 Å². The Labute approximate surface area is 88.4 Å². The van der Waals surface area contributed by atoms with Crippen LogP contribution in [0.1, 0.15) is 18.1 Å². The van der Waals surface area contributed by atoms with Crippen molar-refractivity contribution < 1.29 is 0 Å². The number of isothiocyanates is 1. The van der Waals surface area contributed by atoms with E-state index in [1.165, 1.54) is 5.56 Å². The molecule has 1 aromatic carbocycles. The second kappa shape index (κ2) is 4.52. The average Bonchev–Trinajstić information content (AvgIpc) is 2.11. The van der Waals surface area contributed by atoms with Crippen molar-refractivity contribution in [3.05, 3.63) is 28.3 Å². The average molecular weight is 212 g/mol. The minimum Gasteiger partial charge on any atom is -0.194 e. The van der Waals surface area contributed by atoms with E-state index in [9.17, 15) is 0 Å². The van der Waals surface area contributed by atoms with Gasteiger partial charge in [-0.1, -0.05) is 18.5 Å². The maximum atomic E-state index is 5.91. The molecule has 0 atom stereocenters. The topological polar surface area (TPSA) is 12.4 Å². The van der Waals surface area contributed by atoms with Crippen LogP contribution < -0.4 is 0 Å². The fourth-order valence-corrected chi connectivity index (χ4v) is 1.59. The van der Waals surface area contributed by atoms with E-state index in [2.05, 4.69) is 29.3 Å². The predicted molar refractivity (Wildman–Crippen MR) is 60.3 cm³/mol. The van der Waals surface area contributed by atoms with Crippen molar-refractivity contribution in [1.29, 1.82) is 0 Å². The van der Waals surface area contributed by atoms with Gasteiger partial charge in [-0.05, 0) is 48.8 Å². The molecule has 0 aromatic heterocycles. The molecule has 0 aliphatic carbocycles. The summed E-state index contributed by atoms with van der Waals surface area (Å²) in [6, 6.07) is 3.76. The highest BCUT2D eigenvalue weighted by Gasteiger charge is 2.03. The summed E-state index contributed by atoms with van der Waals surface area (Å²) in [6.07, 6.45) is 0.951. The Morgan fingerprint density at radius 3 is 2.77 bits per heavy atom. The van der Waals surface area contributed by atoms with E-state index in [1.54, 1.807) is 6.07 Å². The van der Waals surface area contributed by atoms with Crippen molar-refractivity contribution in [3.63, 3.8) is 0 Å². The van der Waals surface area contributed by atoms with E-state index in [-0.39, 0.29) is 0 Å². The number of rotatable bonds is 2. The second-order valence-electron chi connectivity index (χ2n) is 2.77. The van der Waals surface area contributed by atoms with E-state index in [0.717, 1.165) is 17.7 Å². The quantitative estimate of drug-likeness (QED) is 0.533. The Morgan fingerprint density at radius 1 is 1.54 bits per heavy atom. The third-order valence-corrected chi connectivity index (χ3v) is 2.31. The maximum Gasteiger partial charge on any atom is 0.0786 e. The van der Waals surface area contributed by atoms with Crippen LogP contribution in [0.15, 0.2) is 17.1 Å². The molecule has 0 amide bonds. The fourth-order valence-electron chi connectivity index (χ4n) is 1.25. The molecule has 68 valence electrons. The van der Waals surface area contributed by atoms with Crippen LogP contribution in [0.3, 0.4) is 0 Å². The number of thiocarbonyl (C=S) groups is 1. The van der Waals surface area contributed by atoms with Gasteiger partial charge in [0.1, 0.15) is 0 Å². The smallest absolute Gasteiger partial charge is 0.0786 e. The highest BCUT2D eigenvalue weighted by molar-refractivity contribution is 7.78. The number of aliphatic imine (C=N–C) groups is 1. The van der Waals surface area contributed by atoms with E-state index in [1.807, 2.05) is 13.0 Å². The fraction of sp³-hybridized carbons (Fsp3) is 0.300. The van der Waals surface area contributed by atoms with Crippen molar-refractivity contribution in [1.82, 2.24) is 0 Å². The molecule has 0 aliphatic heterocycles. The first-order valence-corrected chi connectivity index (χ1v) is 4.84.